The highest BCUT2D eigenvalue weighted by atomic mass is 16.4. The van der Waals surface area contributed by atoms with Crippen LogP contribution in [0.3, 0.4) is 0 Å². The van der Waals surface area contributed by atoms with E-state index in [4.69, 9.17) is 0 Å². The van der Waals surface area contributed by atoms with Crippen LogP contribution in [0.25, 0.3) is 0 Å². The second kappa shape index (κ2) is 5.65. The zero-order valence-corrected chi connectivity index (χ0v) is 11.1. The number of aryl methyl sites for hydroxylation is 2. The van der Waals surface area contributed by atoms with Gasteiger partial charge in [0.05, 0.1) is 5.92 Å². The van der Waals surface area contributed by atoms with Crippen molar-refractivity contribution in [2.45, 2.75) is 26.2 Å². The van der Waals surface area contributed by atoms with E-state index in [1.54, 1.807) is 12.4 Å². The molecule has 1 N–H and O–H groups in total. The molecule has 0 saturated carbocycles. The SMILES string of the molecule is Cc1ccc(C(Cc2cncc(C)c2)C(=O)O)cc1. The molecule has 2 aromatic rings. The van der Waals surface area contributed by atoms with Gasteiger partial charge in [-0.1, -0.05) is 35.9 Å². The molecule has 19 heavy (non-hydrogen) atoms. The molecule has 1 unspecified atom stereocenters. The van der Waals surface area contributed by atoms with Crippen molar-refractivity contribution in [2.75, 3.05) is 0 Å². The second-order valence-corrected chi connectivity index (χ2v) is 4.88. The number of nitrogens with zero attached hydrogens (tertiary/aromatic N) is 1. The van der Waals surface area contributed by atoms with E-state index in [1.807, 2.05) is 44.2 Å². The lowest BCUT2D eigenvalue weighted by atomic mass is 9.92. The number of aliphatic carboxylic acids is 1. The van der Waals surface area contributed by atoms with Crippen molar-refractivity contribution in [2.24, 2.45) is 0 Å². The van der Waals surface area contributed by atoms with E-state index in [0.717, 1.165) is 22.3 Å². The Balaban J connectivity index is 2.26. The molecule has 1 aromatic heterocycles. The third-order valence-corrected chi connectivity index (χ3v) is 3.15. The summed E-state index contributed by atoms with van der Waals surface area (Å²) in [6, 6.07) is 9.64. The molecule has 2 rings (SSSR count). The molecular formula is C16H17NO2. The maximum atomic E-state index is 11.5. The summed E-state index contributed by atoms with van der Waals surface area (Å²) in [5.74, 6) is -1.32. The monoisotopic (exact) mass is 255 g/mol. The molecule has 3 heteroatoms. The van der Waals surface area contributed by atoms with Crippen LogP contribution < -0.4 is 0 Å². The molecule has 0 saturated heterocycles. The minimum Gasteiger partial charge on any atom is -0.481 e. The van der Waals surface area contributed by atoms with E-state index in [1.165, 1.54) is 0 Å². The molecule has 0 fully saturated rings. The van der Waals surface area contributed by atoms with E-state index < -0.39 is 11.9 Å². The third kappa shape index (κ3) is 3.41. The Morgan fingerprint density at radius 3 is 2.42 bits per heavy atom. The van der Waals surface area contributed by atoms with Crippen LogP contribution in [0, 0.1) is 13.8 Å². The van der Waals surface area contributed by atoms with Gasteiger partial charge >= 0.3 is 5.97 Å². The van der Waals surface area contributed by atoms with Gasteiger partial charge in [-0.2, -0.15) is 0 Å². The molecule has 0 aliphatic heterocycles. The quantitative estimate of drug-likeness (QED) is 0.913. The fourth-order valence-electron chi connectivity index (χ4n) is 2.11. The maximum Gasteiger partial charge on any atom is 0.311 e. The van der Waals surface area contributed by atoms with E-state index >= 15 is 0 Å². The number of aromatic nitrogens is 1. The molecule has 1 aromatic carbocycles. The number of benzene rings is 1. The van der Waals surface area contributed by atoms with Gasteiger partial charge in [-0.05, 0) is 37.0 Å². The zero-order chi connectivity index (χ0) is 13.8. The van der Waals surface area contributed by atoms with E-state index in [0.29, 0.717) is 6.42 Å². The summed E-state index contributed by atoms with van der Waals surface area (Å²) in [5.41, 5.74) is 3.96. The Labute approximate surface area is 112 Å². The molecule has 0 amide bonds. The van der Waals surface area contributed by atoms with Crippen LogP contribution in [0.15, 0.2) is 42.7 Å². The van der Waals surface area contributed by atoms with Crippen molar-refractivity contribution < 1.29 is 9.90 Å². The standard InChI is InChI=1S/C16H17NO2/c1-11-3-5-14(6-4-11)15(16(18)19)8-13-7-12(2)9-17-10-13/h3-7,9-10,15H,8H2,1-2H3,(H,18,19). The van der Waals surface area contributed by atoms with Gasteiger partial charge in [0.2, 0.25) is 0 Å². The lowest BCUT2D eigenvalue weighted by Gasteiger charge is -2.13. The Kier molecular flexibility index (Phi) is 3.95. The summed E-state index contributed by atoms with van der Waals surface area (Å²) in [5, 5.41) is 9.41. The first-order chi connectivity index (χ1) is 9.06. The summed E-state index contributed by atoms with van der Waals surface area (Å²) in [6.07, 6.45) is 3.97. The number of carbonyl (C=O) groups is 1. The average Bonchev–Trinajstić information content (AvgIpc) is 2.37. The van der Waals surface area contributed by atoms with Crippen molar-refractivity contribution in [1.82, 2.24) is 4.98 Å². The van der Waals surface area contributed by atoms with Gasteiger partial charge in [-0.15, -0.1) is 0 Å². The fourth-order valence-corrected chi connectivity index (χ4v) is 2.11. The number of pyridine rings is 1. The average molecular weight is 255 g/mol. The third-order valence-electron chi connectivity index (χ3n) is 3.15. The van der Waals surface area contributed by atoms with Gasteiger partial charge in [-0.25, -0.2) is 0 Å². The fraction of sp³-hybridized carbons (Fsp3) is 0.250. The van der Waals surface area contributed by atoms with Crippen LogP contribution in [-0.4, -0.2) is 16.1 Å². The number of hydrogen-bond acceptors (Lipinski definition) is 2. The lowest BCUT2D eigenvalue weighted by molar-refractivity contribution is -0.138. The number of carboxylic acids is 1. The van der Waals surface area contributed by atoms with Crippen LogP contribution in [-0.2, 0) is 11.2 Å². The number of rotatable bonds is 4. The van der Waals surface area contributed by atoms with Gasteiger partial charge in [0.25, 0.3) is 0 Å². The smallest absolute Gasteiger partial charge is 0.311 e. The first-order valence-electron chi connectivity index (χ1n) is 6.26. The highest BCUT2D eigenvalue weighted by Crippen LogP contribution is 2.22. The second-order valence-electron chi connectivity index (χ2n) is 4.88. The Morgan fingerprint density at radius 1 is 1.16 bits per heavy atom. The Bertz CT molecular complexity index is 576. The predicted molar refractivity (Wildman–Crippen MR) is 74.2 cm³/mol. The Morgan fingerprint density at radius 2 is 1.84 bits per heavy atom. The summed E-state index contributed by atoms with van der Waals surface area (Å²) >= 11 is 0. The maximum absolute atomic E-state index is 11.5. The van der Waals surface area contributed by atoms with Gasteiger partial charge in [0.15, 0.2) is 0 Å². The van der Waals surface area contributed by atoms with Crippen molar-refractivity contribution in [3.63, 3.8) is 0 Å². The summed E-state index contributed by atoms with van der Waals surface area (Å²) in [7, 11) is 0. The lowest BCUT2D eigenvalue weighted by Crippen LogP contribution is -2.14. The van der Waals surface area contributed by atoms with Crippen molar-refractivity contribution >= 4 is 5.97 Å². The largest absolute Gasteiger partial charge is 0.481 e. The molecule has 1 heterocycles. The van der Waals surface area contributed by atoms with Gasteiger partial charge in [0.1, 0.15) is 0 Å². The summed E-state index contributed by atoms with van der Waals surface area (Å²) in [4.78, 5) is 15.6. The highest BCUT2D eigenvalue weighted by molar-refractivity contribution is 5.76. The molecule has 1 atom stereocenters. The van der Waals surface area contributed by atoms with Crippen molar-refractivity contribution in [1.29, 1.82) is 0 Å². The molecular weight excluding hydrogens is 238 g/mol. The molecule has 0 aliphatic rings. The molecule has 0 radical (unpaired) electrons. The molecule has 0 spiro atoms. The zero-order valence-electron chi connectivity index (χ0n) is 11.1. The molecule has 0 aliphatic carbocycles. The van der Waals surface area contributed by atoms with Crippen LogP contribution >= 0.6 is 0 Å². The number of carboxylic acid groups (broad SMARTS) is 1. The van der Waals surface area contributed by atoms with E-state index in [-0.39, 0.29) is 0 Å². The summed E-state index contributed by atoms with van der Waals surface area (Å²) in [6.45, 7) is 3.95. The highest BCUT2D eigenvalue weighted by Gasteiger charge is 2.20. The van der Waals surface area contributed by atoms with Crippen LogP contribution in [0.4, 0.5) is 0 Å². The van der Waals surface area contributed by atoms with E-state index in [9.17, 15) is 9.90 Å². The topological polar surface area (TPSA) is 50.2 Å². The van der Waals surface area contributed by atoms with Gasteiger partial charge in [0, 0.05) is 12.4 Å². The van der Waals surface area contributed by atoms with E-state index in [2.05, 4.69) is 4.98 Å². The first-order valence-corrected chi connectivity index (χ1v) is 6.26. The first kappa shape index (κ1) is 13.3. The molecule has 98 valence electrons. The van der Waals surface area contributed by atoms with Crippen LogP contribution in [0.2, 0.25) is 0 Å². The van der Waals surface area contributed by atoms with Crippen LogP contribution in [0.5, 0.6) is 0 Å². The minimum absolute atomic E-state index is 0.465. The van der Waals surface area contributed by atoms with Gasteiger partial charge in [-0.3, -0.25) is 9.78 Å². The normalized spacial score (nSPS) is 12.1. The van der Waals surface area contributed by atoms with Gasteiger partial charge < -0.3 is 5.11 Å². The van der Waals surface area contributed by atoms with Crippen molar-refractivity contribution in [3.05, 3.63) is 65.0 Å². The summed E-state index contributed by atoms with van der Waals surface area (Å²) < 4.78 is 0. The predicted octanol–water partition coefficient (Wildman–Crippen LogP) is 3.11. The minimum atomic E-state index is -0.801. The number of hydrogen-bond donors (Lipinski definition) is 1. The molecule has 3 nitrogen and oxygen atoms in total. The van der Waals surface area contributed by atoms with Crippen LogP contribution in [0.1, 0.15) is 28.2 Å². The molecule has 0 bridgehead atoms. The van der Waals surface area contributed by atoms with Crippen molar-refractivity contribution in [3.8, 4) is 0 Å². The Hall–Kier alpha value is -2.16.